The average Bonchev–Trinajstić information content (AvgIpc) is 3.06. The van der Waals surface area contributed by atoms with Crippen molar-refractivity contribution >= 4 is 39.2 Å². The number of aromatic amines is 1. The predicted octanol–water partition coefficient (Wildman–Crippen LogP) is 4.53. The molecule has 0 fully saturated rings. The minimum atomic E-state index is -0.127. The van der Waals surface area contributed by atoms with Crippen molar-refractivity contribution in [1.82, 2.24) is 14.9 Å². The van der Waals surface area contributed by atoms with Crippen molar-refractivity contribution < 1.29 is 4.79 Å². The molecule has 2 heterocycles. The number of nitrogens with zero attached hydrogens (tertiary/aromatic N) is 2. The summed E-state index contributed by atoms with van der Waals surface area (Å²) in [7, 11) is 0. The van der Waals surface area contributed by atoms with E-state index in [-0.39, 0.29) is 23.6 Å². The van der Waals surface area contributed by atoms with Crippen LogP contribution in [0.25, 0.3) is 21.3 Å². The Kier molecular flexibility index (Phi) is 6.57. The molecule has 0 spiro atoms. The van der Waals surface area contributed by atoms with Crippen molar-refractivity contribution in [3.05, 3.63) is 51.9 Å². The third-order valence-corrected chi connectivity index (χ3v) is 6.24. The van der Waals surface area contributed by atoms with Gasteiger partial charge in [-0.3, -0.25) is 9.59 Å². The first kappa shape index (κ1) is 20.6. The fourth-order valence-corrected chi connectivity index (χ4v) is 5.10. The van der Waals surface area contributed by atoms with Gasteiger partial charge in [-0.05, 0) is 33.3 Å². The van der Waals surface area contributed by atoms with Crippen LogP contribution in [0.15, 0.2) is 40.5 Å². The second kappa shape index (κ2) is 8.92. The first-order valence-corrected chi connectivity index (χ1v) is 11.4. The number of fused-ring (bicyclic) bond motifs is 1. The largest absolute Gasteiger partial charge is 0.337 e. The average molecular weight is 416 g/mol. The molecule has 0 atom stereocenters. The van der Waals surface area contributed by atoms with Crippen LogP contribution in [0.5, 0.6) is 0 Å². The zero-order chi connectivity index (χ0) is 20.3. The van der Waals surface area contributed by atoms with Gasteiger partial charge in [-0.25, -0.2) is 4.98 Å². The van der Waals surface area contributed by atoms with Gasteiger partial charge in [0.25, 0.3) is 5.56 Å². The molecule has 1 aromatic carbocycles. The molecule has 0 unspecified atom stereocenters. The molecule has 148 valence electrons. The summed E-state index contributed by atoms with van der Waals surface area (Å²) in [6.45, 7) is 8.10. The summed E-state index contributed by atoms with van der Waals surface area (Å²) >= 11 is 2.95. The first-order valence-electron chi connectivity index (χ1n) is 9.33. The van der Waals surface area contributed by atoms with Crippen LogP contribution < -0.4 is 5.56 Å². The number of aromatic nitrogens is 2. The Bertz CT molecular complexity index is 1000. The Morgan fingerprint density at radius 1 is 1.18 bits per heavy atom. The Labute approximate surface area is 173 Å². The van der Waals surface area contributed by atoms with Crippen LogP contribution in [-0.4, -0.2) is 38.6 Å². The topological polar surface area (TPSA) is 66.1 Å². The minimum Gasteiger partial charge on any atom is -0.337 e. The monoisotopic (exact) mass is 415 g/mol. The molecule has 7 heteroatoms. The summed E-state index contributed by atoms with van der Waals surface area (Å²) in [5, 5.41) is 2.61. The Hall–Kier alpha value is -2.12. The van der Waals surface area contributed by atoms with Gasteiger partial charge >= 0.3 is 0 Å². The van der Waals surface area contributed by atoms with Crippen molar-refractivity contribution in [3.8, 4) is 11.1 Å². The number of thiophene rings is 1. The summed E-state index contributed by atoms with van der Waals surface area (Å²) in [5.74, 6) is 1.59. The van der Waals surface area contributed by atoms with Crippen LogP contribution in [0.3, 0.4) is 0 Å². The van der Waals surface area contributed by atoms with Crippen LogP contribution in [-0.2, 0) is 10.5 Å². The van der Waals surface area contributed by atoms with Crippen molar-refractivity contribution in [3.63, 3.8) is 0 Å². The quantitative estimate of drug-likeness (QED) is 0.616. The van der Waals surface area contributed by atoms with E-state index >= 15 is 0 Å². The molecule has 0 saturated heterocycles. The zero-order valence-corrected chi connectivity index (χ0v) is 18.2. The summed E-state index contributed by atoms with van der Waals surface area (Å²) in [4.78, 5) is 35.3. The number of hydrogen-bond donors (Lipinski definition) is 1. The number of rotatable bonds is 7. The smallest absolute Gasteiger partial charge is 0.260 e. The molecule has 5 nitrogen and oxygen atoms in total. The van der Waals surface area contributed by atoms with Gasteiger partial charge in [-0.15, -0.1) is 23.1 Å². The lowest BCUT2D eigenvalue weighted by molar-refractivity contribution is -0.131. The molecular weight excluding hydrogens is 390 g/mol. The number of nitrogens with one attached hydrogen (secondary N) is 1. The summed E-state index contributed by atoms with van der Waals surface area (Å²) in [6.07, 6.45) is 0. The van der Waals surface area contributed by atoms with E-state index in [4.69, 9.17) is 0 Å². The molecule has 28 heavy (non-hydrogen) atoms. The van der Waals surface area contributed by atoms with E-state index in [1.54, 1.807) is 0 Å². The maximum atomic E-state index is 12.7. The van der Waals surface area contributed by atoms with E-state index in [1.165, 1.54) is 23.1 Å². The lowest BCUT2D eigenvalue weighted by Crippen LogP contribution is -2.43. The van der Waals surface area contributed by atoms with Gasteiger partial charge in [0.2, 0.25) is 5.91 Å². The molecule has 0 radical (unpaired) electrons. The van der Waals surface area contributed by atoms with Crippen LogP contribution in [0, 0.1) is 0 Å². The second-order valence-corrected chi connectivity index (χ2v) is 9.03. The number of benzene rings is 1. The highest BCUT2D eigenvalue weighted by atomic mass is 32.2. The molecule has 1 N–H and O–H groups in total. The number of H-pyrrole nitrogens is 1. The third-order valence-electron chi connectivity index (χ3n) is 4.44. The van der Waals surface area contributed by atoms with Crippen molar-refractivity contribution in [1.29, 1.82) is 0 Å². The van der Waals surface area contributed by atoms with Crippen molar-refractivity contribution in [2.45, 2.75) is 45.5 Å². The Morgan fingerprint density at radius 3 is 2.50 bits per heavy atom. The van der Waals surface area contributed by atoms with E-state index in [9.17, 15) is 9.59 Å². The maximum Gasteiger partial charge on any atom is 0.260 e. The normalized spacial score (nSPS) is 11.5. The van der Waals surface area contributed by atoms with E-state index in [0.717, 1.165) is 16.0 Å². The van der Waals surface area contributed by atoms with Gasteiger partial charge in [0, 0.05) is 23.0 Å². The summed E-state index contributed by atoms with van der Waals surface area (Å²) < 4.78 is 0. The SMILES string of the molecule is CC(C)N(C(=O)CSCc1nc2scc(-c3ccccc3)c2c(=O)[nH]1)C(C)C. The summed E-state index contributed by atoms with van der Waals surface area (Å²) in [6, 6.07) is 10.2. The third kappa shape index (κ3) is 4.47. The Balaban J connectivity index is 1.74. The zero-order valence-electron chi connectivity index (χ0n) is 16.6. The van der Waals surface area contributed by atoms with Gasteiger partial charge in [0.15, 0.2) is 0 Å². The fourth-order valence-electron chi connectivity index (χ4n) is 3.37. The molecule has 2 aromatic heterocycles. The minimum absolute atomic E-state index is 0.112. The van der Waals surface area contributed by atoms with Crippen LogP contribution in [0.4, 0.5) is 0 Å². The predicted molar refractivity (Wildman–Crippen MR) is 119 cm³/mol. The number of amides is 1. The molecule has 3 rings (SSSR count). The first-order chi connectivity index (χ1) is 13.4. The van der Waals surface area contributed by atoms with Gasteiger partial charge < -0.3 is 9.88 Å². The molecule has 0 saturated carbocycles. The molecule has 3 aromatic rings. The van der Waals surface area contributed by atoms with Crippen molar-refractivity contribution in [2.24, 2.45) is 0 Å². The fraction of sp³-hybridized carbons (Fsp3) is 0.381. The lowest BCUT2D eigenvalue weighted by Gasteiger charge is -2.30. The summed E-state index contributed by atoms with van der Waals surface area (Å²) in [5.41, 5.74) is 1.79. The van der Waals surface area contributed by atoms with Gasteiger partial charge in [0.1, 0.15) is 10.7 Å². The molecule has 1 amide bonds. The molecule has 0 aliphatic heterocycles. The second-order valence-electron chi connectivity index (χ2n) is 7.19. The molecular formula is C21H25N3O2S2. The molecule has 0 aliphatic carbocycles. The van der Waals surface area contributed by atoms with E-state index in [0.29, 0.717) is 22.7 Å². The van der Waals surface area contributed by atoms with Crippen LogP contribution in [0.1, 0.15) is 33.5 Å². The number of thioether (sulfide) groups is 1. The molecule has 0 aliphatic rings. The van der Waals surface area contributed by atoms with E-state index < -0.39 is 0 Å². The highest BCUT2D eigenvalue weighted by molar-refractivity contribution is 7.99. The lowest BCUT2D eigenvalue weighted by atomic mass is 10.1. The highest BCUT2D eigenvalue weighted by Gasteiger charge is 2.20. The van der Waals surface area contributed by atoms with Gasteiger partial charge in [-0.2, -0.15) is 0 Å². The number of hydrogen-bond acceptors (Lipinski definition) is 5. The van der Waals surface area contributed by atoms with Gasteiger partial charge in [0.05, 0.1) is 16.9 Å². The molecule has 0 bridgehead atoms. The number of carbonyl (C=O) groups is 1. The van der Waals surface area contributed by atoms with Crippen molar-refractivity contribution in [2.75, 3.05) is 5.75 Å². The van der Waals surface area contributed by atoms with Gasteiger partial charge in [-0.1, -0.05) is 30.3 Å². The van der Waals surface area contributed by atoms with Crippen LogP contribution >= 0.6 is 23.1 Å². The number of carbonyl (C=O) groups excluding carboxylic acids is 1. The standard InChI is InChI=1S/C21H25N3O2S2/c1-13(2)24(14(3)4)18(25)12-27-11-17-22-20(26)19-16(10-28-21(19)23-17)15-8-6-5-7-9-15/h5-10,13-14H,11-12H2,1-4H3,(H,22,23,26). The van der Waals surface area contributed by atoms with E-state index in [1.807, 2.05) is 68.3 Å². The maximum absolute atomic E-state index is 12.7. The Morgan fingerprint density at radius 2 is 1.86 bits per heavy atom. The van der Waals surface area contributed by atoms with Crippen LogP contribution in [0.2, 0.25) is 0 Å². The van der Waals surface area contributed by atoms with E-state index in [2.05, 4.69) is 9.97 Å². The highest BCUT2D eigenvalue weighted by Crippen LogP contribution is 2.30.